The average Bonchev–Trinajstić information content (AvgIpc) is 3.83. The first kappa shape index (κ1) is 35.8. The van der Waals surface area contributed by atoms with Gasteiger partial charge in [0.25, 0.3) is 0 Å². The molecule has 2 radical (unpaired) electrons. The second kappa shape index (κ2) is 25.1. The van der Waals surface area contributed by atoms with Gasteiger partial charge in [-0.05, 0) is 68.0 Å². The van der Waals surface area contributed by atoms with Gasteiger partial charge in [0.2, 0.25) is 0 Å². The third-order valence-corrected chi connectivity index (χ3v) is 5.65. The van der Waals surface area contributed by atoms with Crippen LogP contribution in [-0.2, 0) is 16.0 Å². The van der Waals surface area contributed by atoms with E-state index in [1.807, 2.05) is 45.0 Å². The van der Waals surface area contributed by atoms with Crippen LogP contribution < -0.4 is 5.32 Å². The highest BCUT2D eigenvalue weighted by molar-refractivity contribution is 6.08. The summed E-state index contributed by atoms with van der Waals surface area (Å²) in [7, 11) is 5.26. The maximum atomic E-state index is 11.2. The Morgan fingerprint density at radius 1 is 1.03 bits per heavy atom. The monoisotopic (exact) mass is 521 g/mol. The summed E-state index contributed by atoms with van der Waals surface area (Å²) >= 11 is 0. The Hall–Kier alpha value is -2.21. The second-order valence-corrected chi connectivity index (χ2v) is 9.13. The molecule has 1 unspecified atom stereocenters. The molecular weight excluding hydrogens is 469 g/mol. The number of carbonyl (C=O) groups excluding carboxylic acids is 1. The van der Waals surface area contributed by atoms with Gasteiger partial charge in [-0.2, -0.15) is 0 Å². The van der Waals surface area contributed by atoms with Crippen LogP contribution in [0.15, 0.2) is 54.6 Å². The van der Waals surface area contributed by atoms with Crippen molar-refractivity contribution >= 4 is 19.7 Å². The summed E-state index contributed by atoms with van der Waals surface area (Å²) in [5, 5.41) is 13.8. The molecule has 1 aliphatic carbocycles. The van der Waals surface area contributed by atoms with Crippen molar-refractivity contribution in [1.29, 1.82) is 0 Å². The number of nitrogens with one attached hydrogen (secondary N) is 1. The molecule has 0 aromatic heterocycles. The maximum absolute atomic E-state index is 11.2. The van der Waals surface area contributed by atoms with Crippen molar-refractivity contribution in [2.45, 2.75) is 92.1 Å². The first-order chi connectivity index (χ1) is 18.5. The number of aliphatic hydroxyl groups is 1. The number of rotatable bonds is 14. The molecule has 1 atom stereocenters. The SMILES string of the molecule is C1CC1.CC.CCc1ccccc1.[B]COCCCCCCNCC(O)c1cccc(C)c1/C=C\C(C)=O. The van der Waals surface area contributed by atoms with Crippen LogP contribution in [0.25, 0.3) is 6.08 Å². The minimum absolute atomic E-state index is 0.00122. The third kappa shape index (κ3) is 19.8. The quantitative estimate of drug-likeness (QED) is 0.155. The lowest BCUT2D eigenvalue weighted by Gasteiger charge is -2.16. The van der Waals surface area contributed by atoms with Crippen LogP contribution >= 0.6 is 0 Å². The highest BCUT2D eigenvalue weighted by Gasteiger charge is 2.12. The molecule has 0 amide bonds. The van der Waals surface area contributed by atoms with E-state index >= 15 is 0 Å². The number of hydrogen-bond donors (Lipinski definition) is 2. The number of allylic oxidation sites excluding steroid dienone is 1. The van der Waals surface area contributed by atoms with Crippen molar-refractivity contribution in [3.63, 3.8) is 0 Å². The van der Waals surface area contributed by atoms with Crippen molar-refractivity contribution in [1.82, 2.24) is 5.32 Å². The van der Waals surface area contributed by atoms with Gasteiger partial charge in [-0.25, -0.2) is 0 Å². The van der Waals surface area contributed by atoms with Gasteiger partial charge >= 0.3 is 0 Å². The van der Waals surface area contributed by atoms with Crippen LogP contribution in [0.4, 0.5) is 0 Å². The number of carbonyl (C=O) groups is 1. The van der Waals surface area contributed by atoms with Gasteiger partial charge in [0.15, 0.2) is 5.78 Å². The van der Waals surface area contributed by atoms with Gasteiger partial charge in [0.1, 0.15) is 7.85 Å². The molecule has 3 rings (SSSR count). The van der Waals surface area contributed by atoms with Gasteiger partial charge in [0.05, 0.1) is 6.10 Å². The standard InChI is InChI=1S/C20H30BNO3.C8H10.C3H6.C2H6/c1-16-8-7-9-19(18(16)11-10-17(2)23)20(24)14-22-12-5-3-4-6-13-25-15-21;1-2-8-6-4-3-5-7-8;1-2-3-1;1-2/h7-11,20,22,24H,3-6,12-15H2,1-2H3;3-7H,2H2,1H3;1-3H2;1-2H3/b11-10-;;;. The molecular formula is C33H52BNO3. The fourth-order valence-electron chi connectivity index (χ4n) is 3.38. The van der Waals surface area contributed by atoms with Gasteiger partial charge < -0.3 is 15.2 Å². The van der Waals surface area contributed by atoms with E-state index in [0.29, 0.717) is 13.1 Å². The lowest BCUT2D eigenvalue weighted by atomic mass is 9.97. The minimum Gasteiger partial charge on any atom is -0.391 e. The molecule has 0 spiro atoms. The summed E-state index contributed by atoms with van der Waals surface area (Å²) in [4.78, 5) is 11.2. The number of aliphatic hydroxyl groups excluding tert-OH is 1. The number of benzene rings is 2. The van der Waals surface area contributed by atoms with Crippen molar-refractivity contribution in [2.24, 2.45) is 0 Å². The number of unbranched alkanes of at least 4 members (excludes halogenated alkanes) is 3. The number of ketones is 1. The van der Waals surface area contributed by atoms with Crippen molar-refractivity contribution in [3.05, 3.63) is 76.9 Å². The Balaban J connectivity index is 0.000000852. The molecule has 1 saturated carbocycles. The van der Waals surface area contributed by atoms with E-state index in [4.69, 9.17) is 12.6 Å². The van der Waals surface area contributed by atoms with Crippen molar-refractivity contribution in [3.8, 4) is 0 Å². The Bertz CT molecular complexity index is 850. The molecule has 0 bridgehead atoms. The summed E-state index contributed by atoms with van der Waals surface area (Å²) in [6.07, 6.45) is 12.7. The van der Waals surface area contributed by atoms with E-state index in [1.165, 1.54) is 31.7 Å². The molecule has 5 heteroatoms. The predicted octanol–water partition coefficient (Wildman–Crippen LogP) is 7.37. The molecule has 0 aliphatic heterocycles. The van der Waals surface area contributed by atoms with Crippen LogP contribution in [0.3, 0.4) is 0 Å². The largest absolute Gasteiger partial charge is 0.391 e. The fraction of sp³-hybridized carbons (Fsp3) is 0.545. The minimum atomic E-state index is -0.593. The molecule has 1 fully saturated rings. The normalized spacial score (nSPS) is 12.3. The van der Waals surface area contributed by atoms with Crippen LogP contribution in [0, 0.1) is 6.92 Å². The predicted molar refractivity (Wildman–Crippen MR) is 165 cm³/mol. The van der Waals surface area contributed by atoms with Crippen LogP contribution in [-0.4, -0.2) is 44.9 Å². The molecule has 0 saturated heterocycles. The lowest BCUT2D eigenvalue weighted by molar-refractivity contribution is -0.112. The summed E-state index contributed by atoms with van der Waals surface area (Å²) in [6.45, 7) is 12.1. The van der Waals surface area contributed by atoms with Crippen molar-refractivity contribution < 1.29 is 14.6 Å². The molecule has 38 heavy (non-hydrogen) atoms. The zero-order valence-electron chi connectivity index (χ0n) is 24.7. The lowest BCUT2D eigenvalue weighted by Crippen LogP contribution is -2.23. The molecule has 210 valence electrons. The van der Waals surface area contributed by atoms with Gasteiger partial charge in [-0.3, -0.25) is 4.79 Å². The average molecular weight is 522 g/mol. The number of ether oxygens (including phenoxy) is 1. The highest BCUT2D eigenvalue weighted by Crippen LogP contribution is 2.22. The third-order valence-electron chi connectivity index (χ3n) is 5.65. The smallest absolute Gasteiger partial charge is 0.152 e. The maximum Gasteiger partial charge on any atom is 0.152 e. The van der Waals surface area contributed by atoms with E-state index in [0.717, 1.165) is 61.9 Å². The van der Waals surface area contributed by atoms with E-state index in [2.05, 4.69) is 36.5 Å². The first-order valence-corrected chi connectivity index (χ1v) is 14.5. The molecule has 2 aromatic carbocycles. The summed E-state index contributed by atoms with van der Waals surface area (Å²) < 4.78 is 5.10. The molecule has 0 heterocycles. The molecule has 1 aliphatic rings. The van der Waals surface area contributed by atoms with E-state index in [1.54, 1.807) is 12.2 Å². The Morgan fingerprint density at radius 2 is 1.68 bits per heavy atom. The Kier molecular flexibility index (Phi) is 23.6. The molecule has 4 nitrogen and oxygen atoms in total. The van der Waals surface area contributed by atoms with Gasteiger partial charge in [0, 0.05) is 19.7 Å². The molecule has 2 N–H and O–H groups in total. The Morgan fingerprint density at radius 3 is 2.24 bits per heavy atom. The van der Waals surface area contributed by atoms with Crippen LogP contribution in [0.2, 0.25) is 0 Å². The first-order valence-electron chi connectivity index (χ1n) is 14.5. The van der Waals surface area contributed by atoms with E-state index in [9.17, 15) is 9.90 Å². The zero-order valence-corrected chi connectivity index (χ0v) is 24.7. The van der Waals surface area contributed by atoms with Crippen LogP contribution in [0.1, 0.15) is 101 Å². The summed E-state index contributed by atoms with van der Waals surface area (Å²) in [6, 6.07) is 16.3. The van der Waals surface area contributed by atoms with E-state index in [-0.39, 0.29) is 5.78 Å². The second-order valence-electron chi connectivity index (χ2n) is 9.13. The number of hydrogen-bond acceptors (Lipinski definition) is 4. The number of aryl methyl sites for hydroxylation is 2. The van der Waals surface area contributed by atoms with E-state index < -0.39 is 6.10 Å². The van der Waals surface area contributed by atoms with Gasteiger partial charge in [-0.1, -0.05) is 107 Å². The topological polar surface area (TPSA) is 58.6 Å². The fourth-order valence-corrected chi connectivity index (χ4v) is 3.38. The Labute approximate surface area is 234 Å². The van der Waals surface area contributed by atoms with Gasteiger partial charge in [-0.15, -0.1) is 0 Å². The van der Waals surface area contributed by atoms with Crippen LogP contribution in [0.5, 0.6) is 0 Å². The summed E-state index contributed by atoms with van der Waals surface area (Å²) in [5.74, 6) is -0.00122. The summed E-state index contributed by atoms with van der Waals surface area (Å²) in [5.41, 5.74) is 4.23. The van der Waals surface area contributed by atoms with Crippen molar-refractivity contribution in [2.75, 3.05) is 26.2 Å². The molecule has 2 aromatic rings. The highest BCUT2D eigenvalue weighted by atomic mass is 16.5. The zero-order chi connectivity index (χ0) is 28.4.